The van der Waals surface area contributed by atoms with Crippen molar-refractivity contribution in [3.05, 3.63) is 12.7 Å². The van der Waals surface area contributed by atoms with Crippen molar-refractivity contribution in [3.8, 4) is 12.3 Å². The zero-order valence-corrected chi connectivity index (χ0v) is 30.2. The maximum atomic E-state index is 14.5. The monoisotopic (exact) mass is 686 g/mol. The highest BCUT2D eigenvalue weighted by molar-refractivity contribution is 6.38. The molecular formula is C36H58N6O7. The van der Waals surface area contributed by atoms with E-state index in [0.717, 1.165) is 32.1 Å². The molecule has 1 aliphatic heterocycles. The molecule has 4 unspecified atom stereocenters. The molecule has 49 heavy (non-hydrogen) atoms. The van der Waals surface area contributed by atoms with E-state index >= 15 is 0 Å². The van der Waals surface area contributed by atoms with Crippen molar-refractivity contribution in [2.24, 2.45) is 23.2 Å². The Morgan fingerprint density at radius 1 is 1.00 bits per heavy atom. The largest absolute Gasteiger partial charge is 0.447 e. The molecule has 1 saturated heterocycles. The normalized spacial score (nSPS) is 19.8. The van der Waals surface area contributed by atoms with Crippen LogP contribution in [0.25, 0.3) is 0 Å². The van der Waals surface area contributed by atoms with Gasteiger partial charge in [0.15, 0.2) is 0 Å². The van der Waals surface area contributed by atoms with Crippen molar-refractivity contribution in [2.75, 3.05) is 26.2 Å². The van der Waals surface area contributed by atoms with E-state index in [1.54, 1.807) is 6.92 Å². The molecule has 2 aliphatic rings. The predicted octanol–water partition coefficient (Wildman–Crippen LogP) is 3.04. The van der Waals surface area contributed by atoms with E-state index in [0.29, 0.717) is 19.5 Å². The molecule has 5 N–H and O–H groups in total. The molecule has 1 saturated carbocycles. The molecule has 0 aromatic rings. The smallest absolute Gasteiger partial charge is 0.407 e. The fraction of sp³-hybridized carbons (Fsp3) is 0.722. The number of amides is 6. The number of terminal acetylenes is 1. The van der Waals surface area contributed by atoms with Crippen LogP contribution in [0.5, 0.6) is 0 Å². The molecule has 13 heteroatoms. The molecule has 0 spiro atoms. The first-order valence-corrected chi connectivity index (χ1v) is 17.6. The molecule has 5 atom stereocenters. The number of hydrogen-bond donors (Lipinski definition) is 5. The maximum Gasteiger partial charge on any atom is 0.407 e. The van der Waals surface area contributed by atoms with Crippen molar-refractivity contribution >= 4 is 35.6 Å². The number of nitrogens with one attached hydrogen (secondary N) is 5. The van der Waals surface area contributed by atoms with Gasteiger partial charge in [-0.05, 0) is 55.8 Å². The standard InChI is InChI=1S/C36H58N6O7/c1-9-12-18-26(30(43)32(45)38-20-10-2)39-31(44)29-25(23(4)5)19-21-42(29)33(46)28(24-16-14-13-15-17-24)41-34(47)40-27(36(6,7)8)22-49-35(48)37-11-3/h1,10,23-29H,2,11-22H2,3-8H3,(H,37,48)(H,38,45)(H,39,44)(H2,40,41,47)/t25-,26?,27?,28?,29?/m1/s1. The second-order valence-electron chi connectivity index (χ2n) is 14.4. The summed E-state index contributed by atoms with van der Waals surface area (Å²) >= 11 is 0. The van der Waals surface area contributed by atoms with Crippen LogP contribution in [0.15, 0.2) is 12.7 Å². The van der Waals surface area contributed by atoms with Gasteiger partial charge in [-0.25, -0.2) is 9.59 Å². The van der Waals surface area contributed by atoms with Crippen LogP contribution in [0.3, 0.4) is 0 Å². The third kappa shape index (κ3) is 12.4. The Kier molecular flexibility index (Phi) is 16.6. The fourth-order valence-corrected chi connectivity index (χ4v) is 6.49. The first-order chi connectivity index (χ1) is 23.2. The Balaban J connectivity index is 2.36. The predicted molar refractivity (Wildman–Crippen MR) is 187 cm³/mol. The number of ketones is 1. The Labute approximate surface area is 291 Å². The lowest BCUT2D eigenvalue weighted by Crippen LogP contribution is -2.61. The van der Waals surface area contributed by atoms with Crippen LogP contribution in [0.2, 0.25) is 0 Å². The zero-order chi connectivity index (χ0) is 36.7. The molecule has 0 radical (unpaired) electrons. The Bertz CT molecular complexity index is 1220. The molecular weight excluding hydrogens is 628 g/mol. The Morgan fingerprint density at radius 2 is 1.67 bits per heavy atom. The van der Waals surface area contributed by atoms with Crippen molar-refractivity contribution in [1.29, 1.82) is 0 Å². The fourth-order valence-electron chi connectivity index (χ4n) is 6.49. The van der Waals surface area contributed by atoms with Gasteiger partial charge >= 0.3 is 12.1 Å². The number of hydrogen-bond acceptors (Lipinski definition) is 7. The number of alkyl carbamates (subject to hydrolysis) is 1. The van der Waals surface area contributed by atoms with Crippen LogP contribution >= 0.6 is 0 Å². The summed E-state index contributed by atoms with van der Waals surface area (Å²) in [5.41, 5.74) is -0.479. The van der Waals surface area contributed by atoms with Crippen molar-refractivity contribution in [3.63, 3.8) is 0 Å². The second kappa shape index (κ2) is 19.8. The molecule has 274 valence electrons. The van der Waals surface area contributed by atoms with Gasteiger partial charge in [0.1, 0.15) is 18.7 Å². The minimum Gasteiger partial charge on any atom is -0.447 e. The molecule has 0 bridgehead atoms. The lowest BCUT2D eigenvalue weighted by molar-refractivity contribution is -0.144. The second-order valence-corrected chi connectivity index (χ2v) is 14.4. The summed E-state index contributed by atoms with van der Waals surface area (Å²) in [6.07, 6.45) is 11.4. The molecule has 0 aromatic heterocycles. The van der Waals surface area contributed by atoms with Crippen LogP contribution in [-0.4, -0.2) is 90.9 Å². The van der Waals surface area contributed by atoms with Crippen molar-refractivity contribution in [2.45, 2.75) is 117 Å². The minimum atomic E-state index is -1.17. The number of carbonyl (C=O) groups excluding carboxylic acids is 6. The SMILES string of the molecule is C#CCCC(NC(=O)C1[C@@H](C(C)C)CCN1C(=O)C(NC(=O)NC(COC(=O)NCC)C(C)(C)C)C1CCCCC1)C(=O)C(=O)NCC=C. The van der Waals surface area contributed by atoms with E-state index in [1.807, 2.05) is 34.6 Å². The summed E-state index contributed by atoms with van der Waals surface area (Å²) in [6.45, 7) is 15.7. The molecule has 2 rings (SSSR count). The van der Waals surface area contributed by atoms with Gasteiger partial charge in [-0.2, -0.15) is 0 Å². The third-order valence-corrected chi connectivity index (χ3v) is 9.42. The van der Waals surface area contributed by atoms with Gasteiger partial charge in [0, 0.05) is 26.1 Å². The molecule has 13 nitrogen and oxygen atoms in total. The highest BCUT2D eigenvalue weighted by Gasteiger charge is 2.47. The molecule has 6 amide bonds. The van der Waals surface area contributed by atoms with E-state index in [9.17, 15) is 28.8 Å². The van der Waals surface area contributed by atoms with Crippen LogP contribution in [-0.2, 0) is 23.9 Å². The van der Waals surface area contributed by atoms with Gasteiger partial charge in [-0.15, -0.1) is 18.9 Å². The van der Waals surface area contributed by atoms with Crippen LogP contribution in [0.4, 0.5) is 9.59 Å². The lowest BCUT2D eigenvalue weighted by Gasteiger charge is -2.37. The number of likely N-dealkylation sites (tertiary alicyclic amines) is 1. The molecule has 2 fully saturated rings. The van der Waals surface area contributed by atoms with Crippen LogP contribution < -0.4 is 26.6 Å². The molecule has 1 heterocycles. The average molecular weight is 687 g/mol. The van der Waals surface area contributed by atoms with Crippen molar-refractivity contribution < 1.29 is 33.5 Å². The van der Waals surface area contributed by atoms with Gasteiger partial charge in [-0.1, -0.05) is 60.0 Å². The number of nitrogens with zero attached hydrogens (tertiary/aromatic N) is 1. The Hall–Kier alpha value is -4.08. The Morgan fingerprint density at radius 3 is 2.24 bits per heavy atom. The third-order valence-electron chi connectivity index (χ3n) is 9.42. The van der Waals surface area contributed by atoms with Gasteiger partial charge in [0.25, 0.3) is 5.91 Å². The zero-order valence-electron chi connectivity index (χ0n) is 30.2. The minimum absolute atomic E-state index is 0.0196. The number of Topliss-reactive ketones (excluding diaryl/α,β-unsaturated/α-hetero) is 1. The lowest BCUT2D eigenvalue weighted by atomic mass is 9.82. The summed E-state index contributed by atoms with van der Waals surface area (Å²) in [5.74, 6) is -0.498. The topological polar surface area (TPSA) is 175 Å². The van der Waals surface area contributed by atoms with Gasteiger partial charge in [0.2, 0.25) is 17.6 Å². The van der Waals surface area contributed by atoms with Gasteiger partial charge in [0.05, 0.1) is 12.1 Å². The van der Waals surface area contributed by atoms with Gasteiger partial charge in [-0.3, -0.25) is 19.2 Å². The average Bonchev–Trinajstić information content (AvgIpc) is 3.51. The summed E-state index contributed by atoms with van der Waals surface area (Å²) in [5, 5.41) is 13.6. The van der Waals surface area contributed by atoms with E-state index in [-0.39, 0.29) is 49.7 Å². The van der Waals surface area contributed by atoms with Gasteiger partial charge < -0.3 is 36.2 Å². The van der Waals surface area contributed by atoms with Crippen LogP contribution in [0, 0.1) is 35.5 Å². The quantitative estimate of drug-likeness (QED) is 0.0942. The first kappa shape index (κ1) is 41.1. The summed E-state index contributed by atoms with van der Waals surface area (Å²) in [7, 11) is 0. The number of rotatable bonds is 16. The van der Waals surface area contributed by atoms with E-state index in [1.165, 1.54) is 11.0 Å². The summed E-state index contributed by atoms with van der Waals surface area (Å²) in [6, 6.07) is -4.14. The van der Waals surface area contributed by atoms with E-state index in [2.05, 4.69) is 39.1 Å². The molecule has 1 aliphatic carbocycles. The number of ether oxygens (including phenoxy) is 1. The number of urea groups is 1. The van der Waals surface area contributed by atoms with E-state index < -0.39 is 59.3 Å². The number of carbonyl (C=O) groups is 6. The van der Waals surface area contributed by atoms with Crippen LogP contribution in [0.1, 0.15) is 92.9 Å². The maximum absolute atomic E-state index is 14.5. The van der Waals surface area contributed by atoms with E-state index in [4.69, 9.17) is 11.2 Å². The highest BCUT2D eigenvalue weighted by Crippen LogP contribution is 2.34. The molecule has 0 aromatic carbocycles. The summed E-state index contributed by atoms with van der Waals surface area (Å²) < 4.78 is 5.33. The summed E-state index contributed by atoms with van der Waals surface area (Å²) in [4.78, 5) is 81.2. The van der Waals surface area contributed by atoms with Crippen molar-refractivity contribution in [1.82, 2.24) is 31.5 Å². The highest BCUT2D eigenvalue weighted by atomic mass is 16.5. The first-order valence-electron chi connectivity index (χ1n) is 17.6.